The highest BCUT2D eigenvalue weighted by Crippen LogP contribution is 2.23. The Morgan fingerprint density at radius 2 is 2.03 bits per heavy atom. The molecule has 0 aliphatic heterocycles. The predicted molar refractivity (Wildman–Crippen MR) is 118 cm³/mol. The number of aliphatic hydroxyl groups excluding tert-OH is 1. The summed E-state index contributed by atoms with van der Waals surface area (Å²) < 4.78 is 7.11. The Hall–Kier alpha value is -3.91. The number of amides is 1. The SMILES string of the molecule is COc1cccc(CNC(=O)c2cccc3c2ccn3-c2ccnc(NC(C)O)n2)c1. The summed E-state index contributed by atoms with van der Waals surface area (Å²) in [4.78, 5) is 21.4. The first-order valence-corrected chi connectivity index (χ1v) is 9.84. The number of hydrogen-bond acceptors (Lipinski definition) is 6. The van der Waals surface area contributed by atoms with Gasteiger partial charge in [-0.25, -0.2) is 4.98 Å². The summed E-state index contributed by atoms with van der Waals surface area (Å²) in [5.74, 6) is 1.54. The fourth-order valence-electron chi connectivity index (χ4n) is 3.37. The van der Waals surface area contributed by atoms with Crippen molar-refractivity contribution in [3.8, 4) is 11.6 Å². The molecule has 8 nitrogen and oxygen atoms in total. The van der Waals surface area contributed by atoms with Crippen molar-refractivity contribution in [1.29, 1.82) is 0 Å². The van der Waals surface area contributed by atoms with Crippen LogP contribution in [0.2, 0.25) is 0 Å². The van der Waals surface area contributed by atoms with E-state index < -0.39 is 6.23 Å². The van der Waals surface area contributed by atoms with E-state index in [4.69, 9.17) is 4.74 Å². The second-order valence-electron chi connectivity index (χ2n) is 7.02. The quantitative estimate of drug-likeness (QED) is 0.400. The van der Waals surface area contributed by atoms with Gasteiger partial charge in [-0.2, -0.15) is 4.98 Å². The highest BCUT2D eigenvalue weighted by atomic mass is 16.5. The lowest BCUT2D eigenvalue weighted by Crippen LogP contribution is -2.23. The van der Waals surface area contributed by atoms with Crippen LogP contribution < -0.4 is 15.4 Å². The fraction of sp³-hybridized carbons (Fsp3) is 0.174. The number of nitrogens with zero attached hydrogens (tertiary/aromatic N) is 3. The van der Waals surface area contributed by atoms with E-state index in [0.717, 1.165) is 22.2 Å². The average molecular weight is 417 g/mol. The van der Waals surface area contributed by atoms with Crippen LogP contribution in [0.5, 0.6) is 5.75 Å². The van der Waals surface area contributed by atoms with Crippen LogP contribution in [-0.4, -0.2) is 38.9 Å². The molecule has 0 aliphatic rings. The number of nitrogens with one attached hydrogen (secondary N) is 2. The molecule has 4 rings (SSSR count). The zero-order valence-electron chi connectivity index (χ0n) is 17.2. The van der Waals surface area contributed by atoms with Crippen molar-refractivity contribution in [2.45, 2.75) is 19.7 Å². The van der Waals surface area contributed by atoms with Crippen LogP contribution in [0.4, 0.5) is 5.95 Å². The molecule has 4 aromatic rings. The van der Waals surface area contributed by atoms with E-state index in [0.29, 0.717) is 23.9 Å². The van der Waals surface area contributed by atoms with Gasteiger partial charge in [0.25, 0.3) is 5.91 Å². The lowest BCUT2D eigenvalue weighted by Gasteiger charge is -2.10. The van der Waals surface area contributed by atoms with Crippen molar-refractivity contribution < 1.29 is 14.6 Å². The van der Waals surface area contributed by atoms with Crippen LogP contribution in [-0.2, 0) is 6.54 Å². The largest absolute Gasteiger partial charge is 0.497 e. The predicted octanol–water partition coefficient (Wildman–Crippen LogP) is 3.11. The highest BCUT2D eigenvalue weighted by Gasteiger charge is 2.14. The van der Waals surface area contributed by atoms with Gasteiger partial charge in [-0.3, -0.25) is 4.79 Å². The van der Waals surface area contributed by atoms with Crippen molar-refractivity contribution in [2.24, 2.45) is 0 Å². The Labute approximate surface area is 179 Å². The highest BCUT2D eigenvalue weighted by molar-refractivity contribution is 6.06. The number of hydrogen-bond donors (Lipinski definition) is 3. The molecule has 0 bridgehead atoms. The normalized spacial score (nSPS) is 11.8. The van der Waals surface area contributed by atoms with Gasteiger partial charge < -0.3 is 25.0 Å². The van der Waals surface area contributed by atoms with Gasteiger partial charge in [0.15, 0.2) is 0 Å². The Morgan fingerprint density at radius 3 is 2.84 bits per heavy atom. The molecule has 1 unspecified atom stereocenters. The van der Waals surface area contributed by atoms with Crippen molar-refractivity contribution in [3.63, 3.8) is 0 Å². The van der Waals surface area contributed by atoms with Gasteiger partial charge in [-0.15, -0.1) is 0 Å². The number of methoxy groups -OCH3 is 1. The zero-order chi connectivity index (χ0) is 21.8. The molecule has 0 aliphatic carbocycles. The van der Waals surface area contributed by atoms with Crippen molar-refractivity contribution in [1.82, 2.24) is 19.9 Å². The van der Waals surface area contributed by atoms with Crippen LogP contribution in [0.1, 0.15) is 22.8 Å². The number of rotatable bonds is 7. The number of carbonyl (C=O) groups is 1. The smallest absolute Gasteiger partial charge is 0.252 e. The van der Waals surface area contributed by atoms with Gasteiger partial charge in [0.2, 0.25) is 5.95 Å². The van der Waals surface area contributed by atoms with Gasteiger partial charge in [-0.05, 0) is 48.9 Å². The summed E-state index contributed by atoms with van der Waals surface area (Å²) in [6.45, 7) is 1.99. The van der Waals surface area contributed by atoms with Gasteiger partial charge >= 0.3 is 0 Å². The van der Waals surface area contributed by atoms with Gasteiger partial charge in [0.05, 0.1) is 12.6 Å². The number of fused-ring (bicyclic) bond motifs is 1. The van der Waals surface area contributed by atoms with Crippen LogP contribution in [0.25, 0.3) is 16.7 Å². The summed E-state index contributed by atoms with van der Waals surface area (Å²) in [7, 11) is 1.62. The van der Waals surface area contributed by atoms with E-state index in [2.05, 4.69) is 20.6 Å². The summed E-state index contributed by atoms with van der Waals surface area (Å²) in [6, 6.07) is 16.8. The third-order valence-electron chi connectivity index (χ3n) is 4.79. The topological polar surface area (TPSA) is 101 Å². The second kappa shape index (κ2) is 8.85. The van der Waals surface area contributed by atoms with Crippen molar-refractivity contribution in [3.05, 3.63) is 78.1 Å². The van der Waals surface area contributed by atoms with Crippen molar-refractivity contribution >= 4 is 22.8 Å². The zero-order valence-corrected chi connectivity index (χ0v) is 17.2. The molecular weight excluding hydrogens is 394 g/mol. The molecule has 2 aromatic heterocycles. The number of aliphatic hydroxyl groups is 1. The van der Waals surface area contributed by atoms with Crippen LogP contribution in [0.15, 0.2) is 67.0 Å². The molecule has 1 atom stereocenters. The molecule has 0 saturated heterocycles. The lowest BCUT2D eigenvalue weighted by molar-refractivity contribution is 0.0952. The summed E-state index contributed by atoms with van der Waals surface area (Å²) >= 11 is 0. The number of ether oxygens (including phenoxy) is 1. The second-order valence-corrected chi connectivity index (χ2v) is 7.02. The van der Waals surface area contributed by atoms with Crippen LogP contribution in [0, 0.1) is 0 Å². The van der Waals surface area contributed by atoms with Gasteiger partial charge in [0, 0.05) is 29.9 Å². The summed E-state index contributed by atoms with van der Waals surface area (Å²) in [6.07, 6.45) is 2.71. The molecule has 0 spiro atoms. The molecule has 2 heterocycles. The minimum Gasteiger partial charge on any atom is -0.497 e. The van der Waals surface area contributed by atoms with E-state index in [-0.39, 0.29) is 5.91 Å². The fourth-order valence-corrected chi connectivity index (χ4v) is 3.37. The molecular formula is C23H23N5O3. The molecule has 158 valence electrons. The maximum absolute atomic E-state index is 12.9. The first kappa shape index (κ1) is 20.4. The van der Waals surface area contributed by atoms with Crippen molar-refractivity contribution in [2.75, 3.05) is 12.4 Å². The minimum absolute atomic E-state index is 0.162. The maximum atomic E-state index is 12.9. The number of carbonyl (C=O) groups excluding carboxylic acids is 1. The first-order chi connectivity index (χ1) is 15.0. The molecule has 0 fully saturated rings. The third-order valence-corrected chi connectivity index (χ3v) is 4.79. The molecule has 8 heteroatoms. The van der Waals surface area contributed by atoms with E-state index in [1.54, 1.807) is 32.4 Å². The van der Waals surface area contributed by atoms with E-state index in [9.17, 15) is 9.90 Å². The standard InChI is InChI=1S/C23H23N5O3/c1-15(29)26-23-24-11-9-21(27-23)28-12-10-18-19(7-4-8-20(18)28)22(30)25-14-16-5-3-6-17(13-16)31-2/h3-13,15,29H,14H2,1-2H3,(H,25,30)(H,24,26,27). The maximum Gasteiger partial charge on any atom is 0.252 e. The number of aromatic nitrogens is 3. The Kier molecular flexibility index (Phi) is 5.81. The number of anilines is 1. The third kappa shape index (κ3) is 4.49. The Bertz CT molecular complexity index is 1220. The first-order valence-electron chi connectivity index (χ1n) is 9.84. The average Bonchev–Trinajstić information content (AvgIpc) is 3.21. The Morgan fingerprint density at radius 1 is 1.19 bits per heavy atom. The molecule has 2 aromatic carbocycles. The monoisotopic (exact) mass is 417 g/mol. The van der Waals surface area contributed by atoms with Crippen LogP contribution in [0.3, 0.4) is 0 Å². The minimum atomic E-state index is -0.767. The van der Waals surface area contributed by atoms with E-state index >= 15 is 0 Å². The van der Waals surface area contributed by atoms with E-state index in [1.807, 2.05) is 53.2 Å². The molecule has 3 N–H and O–H groups in total. The summed E-state index contributed by atoms with van der Waals surface area (Å²) in [5.41, 5.74) is 2.38. The lowest BCUT2D eigenvalue weighted by atomic mass is 10.1. The molecule has 0 saturated carbocycles. The van der Waals surface area contributed by atoms with Gasteiger partial charge in [0.1, 0.15) is 17.8 Å². The number of benzene rings is 2. The van der Waals surface area contributed by atoms with Gasteiger partial charge in [-0.1, -0.05) is 18.2 Å². The molecule has 1 amide bonds. The molecule has 31 heavy (non-hydrogen) atoms. The molecule has 0 radical (unpaired) electrons. The van der Waals surface area contributed by atoms with Crippen LogP contribution >= 0.6 is 0 Å². The Balaban J connectivity index is 1.59. The summed E-state index contributed by atoms with van der Waals surface area (Å²) in [5, 5.41) is 16.1. The van der Waals surface area contributed by atoms with E-state index in [1.165, 1.54) is 0 Å².